The largest absolute Gasteiger partial charge is 0.396 e. The molecule has 0 amide bonds. The quantitative estimate of drug-likeness (QED) is 0.778. The number of nitrogens with zero attached hydrogens (tertiary/aromatic N) is 2. The van der Waals surface area contributed by atoms with Crippen molar-refractivity contribution >= 4 is 21.6 Å². The first-order valence-corrected chi connectivity index (χ1v) is 7.56. The van der Waals surface area contributed by atoms with Crippen molar-refractivity contribution < 1.29 is 13.5 Å². The molecule has 0 aliphatic rings. The zero-order valence-corrected chi connectivity index (χ0v) is 12.0. The molecular weight excluding hydrogens is 278 g/mol. The Morgan fingerprint density at radius 3 is 2.72 bits per heavy atom. The molecule has 1 rings (SSSR count). The molecule has 1 atom stereocenters. The van der Waals surface area contributed by atoms with Crippen molar-refractivity contribution in [1.82, 2.24) is 14.5 Å². The van der Waals surface area contributed by atoms with Crippen molar-refractivity contribution in [3.05, 3.63) is 11.2 Å². The number of aryl methyl sites for hydroxylation is 1. The lowest BCUT2D eigenvalue weighted by atomic mass is 10.0. The average Bonchev–Trinajstić information content (AvgIpc) is 2.65. The van der Waals surface area contributed by atoms with Crippen LogP contribution in [0.2, 0.25) is 5.02 Å². The number of sulfonamides is 1. The molecule has 18 heavy (non-hydrogen) atoms. The van der Waals surface area contributed by atoms with Gasteiger partial charge in [-0.1, -0.05) is 24.9 Å². The molecule has 0 fully saturated rings. The molecular formula is C10H18ClN3O3S. The van der Waals surface area contributed by atoms with E-state index in [1.807, 2.05) is 6.92 Å². The SMILES string of the molecule is CCC(CCO)CNS(=O)(=O)c1c(Cl)cnn1C. The van der Waals surface area contributed by atoms with Crippen molar-refractivity contribution in [2.75, 3.05) is 13.2 Å². The van der Waals surface area contributed by atoms with E-state index in [9.17, 15) is 8.42 Å². The summed E-state index contributed by atoms with van der Waals surface area (Å²) in [4.78, 5) is 0. The molecule has 0 aliphatic heterocycles. The first kappa shape index (κ1) is 15.4. The van der Waals surface area contributed by atoms with Gasteiger partial charge in [-0.15, -0.1) is 0 Å². The normalized spacial score (nSPS) is 13.8. The van der Waals surface area contributed by atoms with Crippen LogP contribution in [-0.2, 0) is 17.1 Å². The Bertz CT molecular complexity index is 467. The highest BCUT2D eigenvalue weighted by Gasteiger charge is 2.23. The maximum Gasteiger partial charge on any atom is 0.259 e. The molecule has 1 aromatic heterocycles. The molecule has 8 heteroatoms. The summed E-state index contributed by atoms with van der Waals surface area (Å²) in [7, 11) is -2.15. The van der Waals surface area contributed by atoms with E-state index in [0.717, 1.165) is 6.42 Å². The van der Waals surface area contributed by atoms with Gasteiger partial charge in [-0.05, 0) is 12.3 Å². The summed E-state index contributed by atoms with van der Waals surface area (Å²) in [5, 5.41) is 12.7. The van der Waals surface area contributed by atoms with E-state index in [1.165, 1.54) is 17.9 Å². The van der Waals surface area contributed by atoms with Crippen LogP contribution in [-0.4, -0.2) is 36.5 Å². The van der Waals surface area contributed by atoms with Gasteiger partial charge in [-0.2, -0.15) is 5.10 Å². The number of nitrogens with one attached hydrogen (secondary N) is 1. The van der Waals surface area contributed by atoms with E-state index in [0.29, 0.717) is 6.42 Å². The summed E-state index contributed by atoms with van der Waals surface area (Å²) >= 11 is 5.80. The second-order valence-electron chi connectivity index (χ2n) is 4.06. The van der Waals surface area contributed by atoms with Crippen molar-refractivity contribution in [3.63, 3.8) is 0 Å². The monoisotopic (exact) mass is 295 g/mol. The Hall–Kier alpha value is -0.630. The molecule has 1 aromatic rings. The smallest absolute Gasteiger partial charge is 0.259 e. The summed E-state index contributed by atoms with van der Waals surface area (Å²) in [5.74, 6) is 0.108. The summed E-state index contributed by atoms with van der Waals surface area (Å²) in [6, 6.07) is 0. The third kappa shape index (κ3) is 3.68. The minimum absolute atomic E-state index is 0.0389. The van der Waals surface area contributed by atoms with Crippen LogP contribution in [0.4, 0.5) is 0 Å². The first-order chi connectivity index (χ1) is 8.42. The predicted octanol–water partition coefficient (Wildman–Crippen LogP) is 0.760. The number of aliphatic hydroxyl groups is 1. The lowest BCUT2D eigenvalue weighted by Gasteiger charge is -2.14. The molecule has 0 bridgehead atoms. The highest BCUT2D eigenvalue weighted by molar-refractivity contribution is 7.89. The van der Waals surface area contributed by atoms with Crippen molar-refractivity contribution in [2.45, 2.75) is 24.8 Å². The molecule has 0 saturated carbocycles. The van der Waals surface area contributed by atoms with Crippen LogP contribution in [0.1, 0.15) is 19.8 Å². The van der Waals surface area contributed by atoms with E-state index in [-0.39, 0.29) is 29.1 Å². The van der Waals surface area contributed by atoms with Gasteiger partial charge in [0.2, 0.25) is 0 Å². The van der Waals surface area contributed by atoms with Crippen molar-refractivity contribution in [2.24, 2.45) is 13.0 Å². The topological polar surface area (TPSA) is 84.2 Å². The van der Waals surface area contributed by atoms with Crippen molar-refractivity contribution in [3.8, 4) is 0 Å². The molecule has 104 valence electrons. The maximum absolute atomic E-state index is 12.0. The fraction of sp³-hybridized carbons (Fsp3) is 0.700. The zero-order chi connectivity index (χ0) is 13.8. The van der Waals surface area contributed by atoms with Crippen molar-refractivity contribution in [1.29, 1.82) is 0 Å². The van der Waals surface area contributed by atoms with Crippen LogP contribution in [0.5, 0.6) is 0 Å². The predicted molar refractivity (Wildman–Crippen MR) is 68.9 cm³/mol. The van der Waals surface area contributed by atoms with Gasteiger partial charge in [0.25, 0.3) is 10.0 Å². The lowest BCUT2D eigenvalue weighted by molar-refractivity contribution is 0.254. The molecule has 0 aromatic carbocycles. The number of hydrogen-bond donors (Lipinski definition) is 2. The van der Waals surface area contributed by atoms with Gasteiger partial charge in [-0.3, -0.25) is 4.68 Å². The van der Waals surface area contributed by atoms with Gasteiger partial charge >= 0.3 is 0 Å². The van der Waals surface area contributed by atoms with E-state index in [2.05, 4.69) is 9.82 Å². The Morgan fingerprint density at radius 1 is 1.61 bits per heavy atom. The van der Waals surface area contributed by atoms with Gasteiger partial charge in [0.15, 0.2) is 5.03 Å². The van der Waals surface area contributed by atoms with Crippen LogP contribution in [0.25, 0.3) is 0 Å². The second kappa shape index (κ2) is 6.51. The third-order valence-corrected chi connectivity index (χ3v) is 4.70. The summed E-state index contributed by atoms with van der Waals surface area (Å²) in [6.45, 7) is 2.28. The van der Waals surface area contributed by atoms with Gasteiger partial charge < -0.3 is 5.11 Å². The van der Waals surface area contributed by atoms with Gasteiger partial charge in [-0.25, -0.2) is 13.1 Å². The van der Waals surface area contributed by atoms with Crippen LogP contribution >= 0.6 is 11.6 Å². The van der Waals surface area contributed by atoms with E-state index in [1.54, 1.807) is 0 Å². The maximum atomic E-state index is 12.0. The highest BCUT2D eigenvalue weighted by Crippen LogP contribution is 2.19. The van der Waals surface area contributed by atoms with Crippen LogP contribution in [0, 0.1) is 5.92 Å². The van der Waals surface area contributed by atoms with E-state index >= 15 is 0 Å². The van der Waals surface area contributed by atoms with Gasteiger partial charge in [0.05, 0.1) is 11.2 Å². The molecule has 0 spiro atoms. The number of hydrogen-bond acceptors (Lipinski definition) is 4. The van der Waals surface area contributed by atoms with E-state index < -0.39 is 10.0 Å². The number of aromatic nitrogens is 2. The Balaban J connectivity index is 2.77. The number of halogens is 1. The zero-order valence-electron chi connectivity index (χ0n) is 10.4. The number of rotatable bonds is 7. The third-order valence-electron chi connectivity index (χ3n) is 2.77. The first-order valence-electron chi connectivity index (χ1n) is 5.70. The summed E-state index contributed by atoms with van der Waals surface area (Å²) in [6.07, 6.45) is 2.65. The minimum atomic E-state index is -3.66. The van der Waals surface area contributed by atoms with Gasteiger partial charge in [0, 0.05) is 20.2 Å². The summed E-state index contributed by atoms with van der Waals surface area (Å²) < 4.78 is 27.8. The molecule has 6 nitrogen and oxygen atoms in total. The highest BCUT2D eigenvalue weighted by atomic mass is 35.5. The Labute approximate surface area is 112 Å². The second-order valence-corrected chi connectivity index (χ2v) is 6.15. The van der Waals surface area contributed by atoms with Crippen LogP contribution in [0.3, 0.4) is 0 Å². The lowest BCUT2D eigenvalue weighted by Crippen LogP contribution is -2.31. The number of aliphatic hydroxyl groups excluding tert-OH is 1. The molecule has 0 saturated heterocycles. The fourth-order valence-corrected chi connectivity index (χ4v) is 3.40. The van der Waals surface area contributed by atoms with E-state index in [4.69, 9.17) is 16.7 Å². The minimum Gasteiger partial charge on any atom is -0.396 e. The molecule has 0 radical (unpaired) electrons. The fourth-order valence-electron chi connectivity index (χ4n) is 1.63. The Kier molecular flexibility index (Phi) is 5.58. The van der Waals surface area contributed by atoms with Crippen LogP contribution < -0.4 is 4.72 Å². The average molecular weight is 296 g/mol. The molecule has 0 aliphatic carbocycles. The standard InChI is InChI=1S/C10H18ClN3O3S/c1-3-8(4-5-15)6-13-18(16,17)10-9(11)7-12-14(10)2/h7-8,13,15H,3-6H2,1-2H3. The summed E-state index contributed by atoms with van der Waals surface area (Å²) in [5.41, 5.74) is 0. The molecule has 1 heterocycles. The molecule has 1 unspecified atom stereocenters. The van der Waals surface area contributed by atoms with Gasteiger partial charge in [0.1, 0.15) is 0 Å². The molecule has 2 N–H and O–H groups in total. The Morgan fingerprint density at radius 2 is 2.28 bits per heavy atom. The van der Waals surface area contributed by atoms with Crippen LogP contribution in [0.15, 0.2) is 11.2 Å².